The number of benzene rings is 2. The van der Waals surface area contributed by atoms with Crippen LogP contribution in [0.5, 0.6) is 5.75 Å². The molecule has 0 aliphatic carbocycles. The maximum atomic E-state index is 10.5. The first kappa shape index (κ1) is 11.8. The maximum Gasteiger partial charge on any atom is 0.134 e. The molecule has 96 valence electrons. The van der Waals surface area contributed by atoms with Gasteiger partial charge >= 0.3 is 0 Å². The average Bonchev–Trinajstić information content (AvgIpc) is 2.74. The molecule has 0 aliphatic rings. The van der Waals surface area contributed by atoms with E-state index in [0.29, 0.717) is 16.9 Å². The van der Waals surface area contributed by atoms with Crippen LogP contribution in [0, 0.1) is 6.92 Å². The predicted molar refractivity (Wildman–Crippen MR) is 73.1 cm³/mol. The van der Waals surface area contributed by atoms with Crippen LogP contribution < -0.4 is 0 Å². The van der Waals surface area contributed by atoms with E-state index in [1.54, 1.807) is 18.2 Å². The van der Waals surface area contributed by atoms with Crippen molar-refractivity contribution >= 4 is 11.0 Å². The van der Waals surface area contributed by atoms with Crippen molar-refractivity contribution < 1.29 is 14.6 Å². The van der Waals surface area contributed by atoms with Gasteiger partial charge in [-0.3, -0.25) is 0 Å². The maximum absolute atomic E-state index is 10.5. The van der Waals surface area contributed by atoms with Crippen LogP contribution in [0.2, 0.25) is 0 Å². The second-order valence-corrected chi connectivity index (χ2v) is 4.57. The Labute approximate surface area is 110 Å². The van der Waals surface area contributed by atoms with E-state index in [4.69, 9.17) is 4.42 Å². The Morgan fingerprint density at radius 1 is 1.05 bits per heavy atom. The summed E-state index contributed by atoms with van der Waals surface area (Å²) in [7, 11) is 0. The summed E-state index contributed by atoms with van der Waals surface area (Å²) < 4.78 is 5.63. The molecule has 0 amide bonds. The van der Waals surface area contributed by atoms with Crippen molar-refractivity contribution in [3.63, 3.8) is 0 Å². The highest BCUT2D eigenvalue weighted by Crippen LogP contribution is 2.35. The summed E-state index contributed by atoms with van der Waals surface area (Å²) in [6.45, 7) is 1.82. The molecule has 0 saturated heterocycles. The minimum absolute atomic E-state index is 0.162. The monoisotopic (exact) mass is 254 g/mol. The highest BCUT2D eigenvalue weighted by Gasteiger charge is 2.20. The van der Waals surface area contributed by atoms with Crippen molar-refractivity contribution in [2.24, 2.45) is 0 Å². The van der Waals surface area contributed by atoms with E-state index in [2.05, 4.69) is 0 Å². The number of fused-ring (bicyclic) bond motifs is 1. The minimum atomic E-state index is -0.760. The van der Waals surface area contributed by atoms with Crippen molar-refractivity contribution in [1.29, 1.82) is 0 Å². The molecule has 0 radical (unpaired) electrons. The fourth-order valence-corrected chi connectivity index (χ4v) is 2.37. The standard InChI is InChI=1S/C16H14O3/c1-10-15(16(18)11-5-3-2-4-6-11)13-9-12(17)7-8-14(13)19-10/h2-9,16-18H,1H3/t16-/m1/s1. The second-order valence-electron chi connectivity index (χ2n) is 4.57. The Morgan fingerprint density at radius 3 is 2.53 bits per heavy atom. The van der Waals surface area contributed by atoms with Gasteiger partial charge in [-0.2, -0.15) is 0 Å². The van der Waals surface area contributed by atoms with Crippen LogP contribution >= 0.6 is 0 Å². The first-order valence-electron chi connectivity index (χ1n) is 6.12. The van der Waals surface area contributed by atoms with Crippen LogP contribution in [0.1, 0.15) is 23.0 Å². The minimum Gasteiger partial charge on any atom is -0.508 e. The Balaban J connectivity index is 2.19. The Morgan fingerprint density at radius 2 is 1.79 bits per heavy atom. The van der Waals surface area contributed by atoms with Gasteiger partial charge in [-0.15, -0.1) is 0 Å². The highest BCUT2D eigenvalue weighted by molar-refractivity contribution is 5.84. The van der Waals surface area contributed by atoms with E-state index in [-0.39, 0.29) is 5.75 Å². The van der Waals surface area contributed by atoms with Crippen LogP contribution in [0.3, 0.4) is 0 Å². The number of aliphatic hydroxyl groups excluding tert-OH is 1. The molecule has 0 saturated carbocycles. The average molecular weight is 254 g/mol. The molecule has 2 N–H and O–H groups in total. The molecular formula is C16H14O3. The largest absolute Gasteiger partial charge is 0.508 e. The zero-order valence-electron chi connectivity index (χ0n) is 10.5. The fraction of sp³-hybridized carbons (Fsp3) is 0.125. The molecule has 3 aromatic rings. The molecule has 3 rings (SSSR count). The summed E-state index contributed by atoms with van der Waals surface area (Å²) in [5, 5.41) is 20.8. The summed E-state index contributed by atoms with van der Waals surface area (Å²) in [6.07, 6.45) is -0.760. The summed E-state index contributed by atoms with van der Waals surface area (Å²) in [6, 6.07) is 14.3. The van der Waals surface area contributed by atoms with Crippen LogP contribution in [0.15, 0.2) is 52.9 Å². The molecular weight excluding hydrogens is 240 g/mol. The number of rotatable bonds is 2. The number of aliphatic hydroxyl groups is 1. The summed E-state index contributed by atoms with van der Waals surface area (Å²) >= 11 is 0. The lowest BCUT2D eigenvalue weighted by molar-refractivity contribution is 0.219. The Kier molecular flexibility index (Phi) is 2.76. The second kappa shape index (κ2) is 4.44. The fourth-order valence-electron chi connectivity index (χ4n) is 2.37. The van der Waals surface area contributed by atoms with Crippen molar-refractivity contribution in [3.8, 4) is 5.75 Å². The van der Waals surface area contributed by atoms with Gasteiger partial charge in [0, 0.05) is 10.9 Å². The SMILES string of the molecule is Cc1oc2ccc(O)cc2c1[C@H](O)c1ccccc1. The lowest BCUT2D eigenvalue weighted by Gasteiger charge is -2.10. The predicted octanol–water partition coefficient (Wildman–Crippen LogP) is 3.53. The normalized spacial score (nSPS) is 12.7. The van der Waals surface area contributed by atoms with Gasteiger partial charge in [0.15, 0.2) is 0 Å². The zero-order valence-corrected chi connectivity index (χ0v) is 10.5. The van der Waals surface area contributed by atoms with Gasteiger partial charge in [-0.25, -0.2) is 0 Å². The molecule has 1 aromatic heterocycles. The van der Waals surface area contributed by atoms with Crippen molar-refractivity contribution in [3.05, 3.63) is 65.4 Å². The van der Waals surface area contributed by atoms with Crippen LogP contribution in [-0.2, 0) is 0 Å². The van der Waals surface area contributed by atoms with Gasteiger partial charge in [0.25, 0.3) is 0 Å². The van der Waals surface area contributed by atoms with Crippen molar-refractivity contribution in [2.45, 2.75) is 13.0 Å². The van der Waals surface area contributed by atoms with Crippen molar-refractivity contribution in [1.82, 2.24) is 0 Å². The molecule has 2 aromatic carbocycles. The van der Waals surface area contributed by atoms with Crippen molar-refractivity contribution in [2.75, 3.05) is 0 Å². The molecule has 3 nitrogen and oxygen atoms in total. The van der Waals surface area contributed by atoms with Gasteiger partial charge in [0.1, 0.15) is 23.2 Å². The topological polar surface area (TPSA) is 53.6 Å². The molecule has 1 heterocycles. The smallest absolute Gasteiger partial charge is 0.134 e. The highest BCUT2D eigenvalue weighted by atomic mass is 16.3. The van der Waals surface area contributed by atoms with E-state index in [9.17, 15) is 10.2 Å². The molecule has 0 spiro atoms. The number of hydrogen-bond donors (Lipinski definition) is 2. The third-order valence-electron chi connectivity index (χ3n) is 3.28. The quantitative estimate of drug-likeness (QED) is 0.735. The number of phenols is 1. The first-order valence-corrected chi connectivity index (χ1v) is 6.12. The number of aryl methyl sites for hydroxylation is 1. The van der Waals surface area contributed by atoms with Gasteiger partial charge in [0.2, 0.25) is 0 Å². The molecule has 3 heteroatoms. The molecule has 0 bridgehead atoms. The third kappa shape index (κ3) is 1.98. The summed E-state index contributed by atoms with van der Waals surface area (Å²) in [5.74, 6) is 0.826. The zero-order chi connectivity index (χ0) is 13.4. The number of phenolic OH excluding ortho intramolecular Hbond substituents is 1. The molecule has 0 unspecified atom stereocenters. The van der Waals surface area contributed by atoms with Gasteiger partial charge in [-0.05, 0) is 30.7 Å². The molecule has 19 heavy (non-hydrogen) atoms. The first-order chi connectivity index (χ1) is 9.16. The Bertz CT molecular complexity index is 713. The Hall–Kier alpha value is -2.26. The van der Waals surface area contributed by atoms with E-state index >= 15 is 0 Å². The van der Waals surface area contributed by atoms with E-state index in [0.717, 1.165) is 10.9 Å². The summed E-state index contributed by atoms with van der Waals surface area (Å²) in [5.41, 5.74) is 2.18. The lowest BCUT2D eigenvalue weighted by Crippen LogP contribution is -2.00. The summed E-state index contributed by atoms with van der Waals surface area (Å²) in [4.78, 5) is 0. The van der Waals surface area contributed by atoms with Crippen LogP contribution in [0.4, 0.5) is 0 Å². The number of furan rings is 1. The van der Waals surface area contributed by atoms with Crippen LogP contribution in [-0.4, -0.2) is 10.2 Å². The molecule has 0 aliphatic heterocycles. The van der Waals surface area contributed by atoms with Gasteiger partial charge in [0.05, 0.1) is 0 Å². The van der Waals surface area contributed by atoms with Crippen LogP contribution in [0.25, 0.3) is 11.0 Å². The third-order valence-corrected chi connectivity index (χ3v) is 3.28. The van der Waals surface area contributed by atoms with Gasteiger partial charge in [-0.1, -0.05) is 30.3 Å². The lowest BCUT2D eigenvalue weighted by atomic mass is 9.99. The number of hydrogen-bond acceptors (Lipinski definition) is 3. The molecule has 0 fully saturated rings. The molecule has 1 atom stereocenters. The van der Waals surface area contributed by atoms with E-state index < -0.39 is 6.10 Å². The van der Waals surface area contributed by atoms with E-state index in [1.807, 2.05) is 37.3 Å². The number of aromatic hydroxyl groups is 1. The van der Waals surface area contributed by atoms with Gasteiger partial charge < -0.3 is 14.6 Å². The van der Waals surface area contributed by atoms with E-state index in [1.165, 1.54) is 0 Å².